The summed E-state index contributed by atoms with van der Waals surface area (Å²) < 4.78 is 0. The molecule has 0 saturated carbocycles. The summed E-state index contributed by atoms with van der Waals surface area (Å²) in [6, 6.07) is 4.72. The molecule has 0 aromatic heterocycles. The van der Waals surface area contributed by atoms with Gasteiger partial charge in [-0.25, -0.2) is 4.79 Å². The first-order valence-corrected chi connectivity index (χ1v) is 6.33. The molecule has 0 radical (unpaired) electrons. The average molecular weight is 263 g/mol. The van der Waals surface area contributed by atoms with E-state index >= 15 is 0 Å². The number of benzene rings is 1. The zero-order valence-electron chi connectivity index (χ0n) is 11.9. The largest absolute Gasteiger partial charge is 0.478 e. The van der Waals surface area contributed by atoms with Crippen molar-refractivity contribution in [2.24, 2.45) is 5.41 Å². The summed E-state index contributed by atoms with van der Waals surface area (Å²) in [5, 5.41) is 11.7. The monoisotopic (exact) mass is 263 g/mol. The van der Waals surface area contributed by atoms with Crippen LogP contribution < -0.4 is 5.32 Å². The van der Waals surface area contributed by atoms with Gasteiger partial charge in [0.1, 0.15) is 0 Å². The lowest BCUT2D eigenvalue weighted by atomic mass is 9.90. The van der Waals surface area contributed by atoms with Crippen LogP contribution in [0, 0.1) is 12.3 Å². The van der Waals surface area contributed by atoms with Gasteiger partial charge in [-0.15, -0.1) is 0 Å². The zero-order chi connectivity index (χ0) is 14.6. The van der Waals surface area contributed by atoms with Gasteiger partial charge in [-0.05, 0) is 36.5 Å². The summed E-state index contributed by atoms with van der Waals surface area (Å²) in [5.41, 5.74) is 1.71. The third-order valence-corrected chi connectivity index (χ3v) is 2.86. The highest BCUT2D eigenvalue weighted by atomic mass is 16.4. The zero-order valence-corrected chi connectivity index (χ0v) is 11.9. The van der Waals surface area contributed by atoms with E-state index in [4.69, 9.17) is 5.11 Å². The Hall–Kier alpha value is -1.84. The molecule has 1 aromatic carbocycles. The number of hydrogen-bond donors (Lipinski definition) is 2. The number of nitrogens with one attached hydrogen (secondary N) is 1. The van der Waals surface area contributed by atoms with E-state index in [0.29, 0.717) is 12.1 Å². The normalized spacial score (nSPS) is 11.2. The molecule has 0 bridgehead atoms. The molecule has 0 aliphatic carbocycles. The van der Waals surface area contributed by atoms with Gasteiger partial charge >= 0.3 is 5.97 Å². The molecule has 0 atom stereocenters. The van der Waals surface area contributed by atoms with Gasteiger partial charge in [0.05, 0.1) is 5.56 Å². The van der Waals surface area contributed by atoms with Crippen molar-refractivity contribution >= 4 is 17.6 Å². The van der Waals surface area contributed by atoms with Crippen LogP contribution >= 0.6 is 0 Å². The minimum Gasteiger partial charge on any atom is -0.478 e. The lowest BCUT2D eigenvalue weighted by Crippen LogP contribution is -2.16. The molecule has 2 N–H and O–H groups in total. The third kappa shape index (κ3) is 5.12. The smallest absolute Gasteiger partial charge is 0.335 e. The van der Waals surface area contributed by atoms with Crippen molar-refractivity contribution < 1.29 is 14.7 Å². The van der Waals surface area contributed by atoms with Crippen molar-refractivity contribution in [2.45, 2.75) is 40.5 Å². The molecule has 0 aliphatic rings. The Labute approximate surface area is 113 Å². The van der Waals surface area contributed by atoms with E-state index in [1.54, 1.807) is 6.07 Å². The lowest BCUT2D eigenvalue weighted by molar-refractivity contribution is -0.116. The molecule has 1 rings (SSSR count). The van der Waals surface area contributed by atoms with E-state index in [2.05, 4.69) is 26.1 Å². The first-order valence-electron chi connectivity index (χ1n) is 6.33. The van der Waals surface area contributed by atoms with E-state index in [9.17, 15) is 9.59 Å². The van der Waals surface area contributed by atoms with Crippen LogP contribution in [0.25, 0.3) is 0 Å². The molecule has 104 valence electrons. The Kier molecular flexibility index (Phi) is 4.70. The highest BCUT2D eigenvalue weighted by Gasteiger charge is 2.14. The lowest BCUT2D eigenvalue weighted by Gasteiger charge is -2.17. The van der Waals surface area contributed by atoms with Crippen LogP contribution in [0.4, 0.5) is 5.69 Å². The van der Waals surface area contributed by atoms with Crippen LogP contribution in [-0.4, -0.2) is 17.0 Å². The molecule has 0 fully saturated rings. The Morgan fingerprint density at radius 3 is 2.42 bits per heavy atom. The van der Waals surface area contributed by atoms with E-state index in [-0.39, 0.29) is 16.9 Å². The van der Waals surface area contributed by atoms with Crippen LogP contribution in [0.1, 0.15) is 49.5 Å². The molecule has 0 saturated heterocycles. The molecule has 4 heteroatoms. The topological polar surface area (TPSA) is 66.4 Å². The second-order valence-corrected chi connectivity index (χ2v) is 5.94. The SMILES string of the molecule is Cc1ccc(C(=O)O)cc1NC(=O)CCC(C)(C)C. The number of rotatable bonds is 4. The Balaban J connectivity index is 2.73. The molecule has 0 heterocycles. The predicted octanol–water partition coefficient (Wildman–Crippen LogP) is 3.46. The van der Waals surface area contributed by atoms with Crippen molar-refractivity contribution in [1.82, 2.24) is 0 Å². The molecule has 19 heavy (non-hydrogen) atoms. The number of aryl methyl sites for hydroxylation is 1. The van der Waals surface area contributed by atoms with Gasteiger partial charge in [0.2, 0.25) is 5.91 Å². The number of carboxylic acid groups (broad SMARTS) is 1. The van der Waals surface area contributed by atoms with Crippen LogP contribution in [-0.2, 0) is 4.79 Å². The fraction of sp³-hybridized carbons (Fsp3) is 0.467. The second kappa shape index (κ2) is 5.87. The Bertz CT molecular complexity index is 487. The van der Waals surface area contributed by atoms with Crippen LogP contribution in [0.15, 0.2) is 18.2 Å². The highest BCUT2D eigenvalue weighted by Crippen LogP contribution is 2.22. The van der Waals surface area contributed by atoms with Crippen molar-refractivity contribution in [3.05, 3.63) is 29.3 Å². The van der Waals surface area contributed by atoms with E-state index in [1.807, 2.05) is 6.92 Å². The number of aromatic carboxylic acids is 1. The van der Waals surface area contributed by atoms with Gasteiger partial charge < -0.3 is 10.4 Å². The summed E-state index contributed by atoms with van der Waals surface area (Å²) in [5.74, 6) is -1.08. The fourth-order valence-electron chi connectivity index (χ4n) is 1.59. The maximum Gasteiger partial charge on any atom is 0.335 e. The summed E-state index contributed by atoms with van der Waals surface area (Å²) >= 11 is 0. The fourth-order valence-corrected chi connectivity index (χ4v) is 1.59. The van der Waals surface area contributed by atoms with E-state index < -0.39 is 5.97 Å². The third-order valence-electron chi connectivity index (χ3n) is 2.86. The molecule has 1 aromatic rings. The Morgan fingerprint density at radius 1 is 1.26 bits per heavy atom. The summed E-state index contributed by atoms with van der Waals surface area (Å²) in [6.07, 6.45) is 1.22. The summed E-state index contributed by atoms with van der Waals surface area (Å²) in [7, 11) is 0. The van der Waals surface area contributed by atoms with Gasteiger partial charge in [0.15, 0.2) is 0 Å². The quantitative estimate of drug-likeness (QED) is 0.874. The average Bonchev–Trinajstić information content (AvgIpc) is 2.28. The summed E-state index contributed by atoms with van der Waals surface area (Å²) in [6.45, 7) is 8.08. The van der Waals surface area contributed by atoms with Gasteiger partial charge in [-0.3, -0.25) is 4.79 Å². The van der Waals surface area contributed by atoms with Gasteiger partial charge in [0.25, 0.3) is 0 Å². The maximum absolute atomic E-state index is 11.8. The number of carboxylic acids is 1. The van der Waals surface area contributed by atoms with Crippen molar-refractivity contribution in [2.75, 3.05) is 5.32 Å². The number of carbonyl (C=O) groups is 2. The minimum atomic E-state index is -0.995. The molecule has 0 unspecified atom stereocenters. The molecule has 1 amide bonds. The number of hydrogen-bond acceptors (Lipinski definition) is 2. The molecule has 0 spiro atoms. The Morgan fingerprint density at radius 2 is 1.89 bits per heavy atom. The first-order chi connectivity index (χ1) is 8.69. The number of amides is 1. The molecule has 0 aliphatic heterocycles. The first kappa shape index (κ1) is 15.2. The van der Waals surface area contributed by atoms with Gasteiger partial charge in [-0.2, -0.15) is 0 Å². The predicted molar refractivity (Wildman–Crippen MR) is 75.5 cm³/mol. The van der Waals surface area contributed by atoms with Gasteiger partial charge in [0, 0.05) is 12.1 Å². The van der Waals surface area contributed by atoms with Crippen LogP contribution in [0.5, 0.6) is 0 Å². The molecule has 4 nitrogen and oxygen atoms in total. The van der Waals surface area contributed by atoms with E-state index in [0.717, 1.165) is 12.0 Å². The maximum atomic E-state index is 11.8. The van der Waals surface area contributed by atoms with Crippen LogP contribution in [0.2, 0.25) is 0 Å². The van der Waals surface area contributed by atoms with Crippen molar-refractivity contribution in [3.8, 4) is 0 Å². The standard InChI is InChI=1S/C15H21NO3/c1-10-5-6-11(14(18)19)9-12(10)16-13(17)7-8-15(2,3)4/h5-6,9H,7-8H2,1-4H3,(H,16,17)(H,18,19). The highest BCUT2D eigenvalue weighted by molar-refractivity contribution is 5.94. The van der Waals surface area contributed by atoms with Crippen molar-refractivity contribution in [3.63, 3.8) is 0 Å². The van der Waals surface area contributed by atoms with Crippen molar-refractivity contribution in [1.29, 1.82) is 0 Å². The molecular weight excluding hydrogens is 242 g/mol. The van der Waals surface area contributed by atoms with Gasteiger partial charge in [-0.1, -0.05) is 26.8 Å². The number of anilines is 1. The molecular formula is C15H21NO3. The number of carbonyl (C=O) groups excluding carboxylic acids is 1. The van der Waals surface area contributed by atoms with Crippen LogP contribution in [0.3, 0.4) is 0 Å². The second-order valence-electron chi connectivity index (χ2n) is 5.94. The minimum absolute atomic E-state index is 0.0828. The van der Waals surface area contributed by atoms with E-state index in [1.165, 1.54) is 12.1 Å². The summed E-state index contributed by atoms with van der Waals surface area (Å²) in [4.78, 5) is 22.7.